The molecule has 0 saturated carbocycles. The molecule has 1 N–H and O–H groups in total. The highest BCUT2D eigenvalue weighted by Crippen LogP contribution is 2.20. The Kier molecular flexibility index (Phi) is 4.65. The monoisotopic (exact) mass is 263 g/mol. The van der Waals surface area contributed by atoms with Gasteiger partial charge in [-0.3, -0.25) is 10.1 Å². The van der Waals surface area contributed by atoms with Crippen molar-refractivity contribution in [2.75, 3.05) is 6.61 Å². The summed E-state index contributed by atoms with van der Waals surface area (Å²) in [4.78, 5) is 10.5. The number of aliphatic hydroxyl groups is 1. The van der Waals surface area contributed by atoms with Gasteiger partial charge in [0.05, 0.1) is 4.92 Å². The first-order valence-corrected chi connectivity index (χ1v) is 9.25. The zero-order valence-electron chi connectivity index (χ0n) is 10.9. The number of hydrogen-bond donors (Lipinski definition) is 1. The summed E-state index contributed by atoms with van der Waals surface area (Å²) in [5.74, 6) is 2.99. The largest absolute Gasteiger partial charge is 0.396 e. The summed E-state index contributed by atoms with van der Waals surface area (Å²) in [6, 6.07) is 4.92. The Labute approximate surface area is 108 Å². The van der Waals surface area contributed by atoms with E-state index in [0.717, 1.165) is 0 Å². The molecule has 4 nitrogen and oxygen atoms in total. The Hall–Kier alpha value is -1.64. The Morgan fingerprint density at radius 2 is 2.06 bits per heavy atom. The van der Waals surface area contributed by atoms with Crippen LogP contribution in [0.25, 0.3) is 0 Å². The molecular weight excluding hydrogens is 246 g/mol. The van der Waals surface area contributed by atoms with E-state index in [1.807, 2.05) is 0 Å². The fraction of sp³-hybridized carbons (Fsp3) is 0.385. The Morgan fingerprint density at radius 1 is 1.39 bits per heavy atom. The lowest BCUT2D eigenvalue weighted by atomic mass is 10.1. The van der Waals surface area contributed by atoms with Crippen molar-refractivity contribution in [1.82, 2.24) is 0 Å². The lowest BCUT2D eigenvalue weighted by Crippen LogP contribution is -2.16. The summed E-state index contributed by atoms with van der Waals surface area (Å²) in [5.41, 5.74) is 4.41. The molecule has 0 heterocycles. The predicted octanol–water partition coefficient (Wildman–Crippen LogP) is 2.36. The number of hydrogen-bond acceptors (Lipinski definition) is 3. The van der Waals surface area contributed by atoms with Crippen molar-refractivity contribution < 1.29 is 10.0 Å². The molecule has 0 radical (unpaired) electrons. The molecule has 0 aliphatic carbocycles. The highest BCUT2D eigenvalue weighted by atomic mass is 28.3. The molecule has 96 valence electrons. The number of nitro groups is 1. The fourth-order valence-corrected chi connectivity index (χ4v) is 1.92. The molecule has 0 bridgehead atoms. The third-order valence-electron chi connectivity index (χ3n) is 2.24. The van der Waals surface area contributed by atoms with Crippen LogP contribution in [0.2, 0.25) is 19.6 Å². The average Bonchev–Trinajstić information content (AvgIpc) is 2.26. The molecular formula is C13H17NO3Si. The average molecular weight is 263 g/mol. The van der Waals surface area contributed by atoms with Crippen LogP contribution in [0.4, 0.5) is 5.69 Å². The summed E-state index contributed by atoms with van der Waals surface area (Å²) in [6.07, 6.45) is 0.290. The molecule has 0 fully saturated rings. The predicted molar refractivity (Wildman–Crippen MR) is 74.1 cm³/mol. The van der Waals surface area contributed by atoms with Gasteiger partial charge in [0.25, 0.3) is 5.69 Å². The molecule has 0 saturated heterocycles. The molecule has 0 spiro atoms. The van der Waals surface area contributed by atoms with Gasteiger partial charge in [-0.25, -0.2) is 0 Å². The molecule has 0 unspecified atom stereocenters. The highest BCUT2D eigenvalue weighted by Gasteiger charge is 2.14. The zero-order valence-corrected chi connectivity index (χ0v) is 11.9. The van der Waals surface area contributed by atoms with E-state index in [4.69, 9.17) is 5.11 Å². The topological polar surface area (TPSA) is 63.4 Å². The second-order valence-corrected chi connectivity index (χ2v) is 9.82. The molecule has 0 atom stereocenters. The number of nitrogens with zero attached hydrogens (tertiary/aromatic N) is 1. The van der Waals surface area contributed by atoms with Gasteiger partial charge in [-0.2, -0.15) is 0 Å². The van der Waals surface area contributed by atoms with Crippen LogP contribution in [0.15, 0.2) is 18.2 Å². The lowest BCUT2D eigenvalue weighted by Gasteiger charge is -2.04. The summed E-state index contributed by atoms with van der Waals surface area (Å²) in [7, 11) is -1.48. The van der Waals surface area contributed by atoms with Gasteiger partial charge in [0.2, 0.25) is 0 Å². The van der Waals surface area contributed by atoms with Gasteiger partial charge < -0.3 is 5.11 Å². The van der Waals surface area contributed by atoms with Gasteiger partial charge in [0.15, 0.2) is 0 Å². The molecule has 0 aliphatic rings. The van der Waals surface area contributed by atoms with E-state index in [9.17, 15) is 10.1 Å². The quantitative estimate of drug-likeness (QED) is 0.394. The number of nitro benzene ring substituents is 1. The van der Waals surface area contributed by atoms with E-state index in [2.05, 4.69) is 31.1 Å². The van der Waals surface area contributed by atoms with Crippen molar-refractivity contribution in [3.8, 4) is 11.5 Å². The molecule has 1 aromatic carbocycles. The van der Waals surface area contributed by atoms with E-state index in [1.165, 1.54) is 6.07 Å². The van der Waals surface area contributed by atoms with Gasteiger partial charge in [-0.05, 0) is 6.07 Å². The van der Waals surface area contributed by atoms with Crippen LogP contribution in [-0.2, 0) is 6.42 Å². The molecule has 0 aliphatic heterocycles. The van der Waals surface area contributed by atoms with E-state index in [1.54, 1.807) is 12.1 Å². The van der Waals surface area contributed by atoms with Crippen molar-refractivity contribution in [2.24, 2.45) is 0 Å². The minimum Gasteiger partial charge on any atom is -0.396 e. The lowest BCUT2D eigenvalue weighted by molar-refractivity contribution is -0.385. The van der Waals surface area contributed by atoms with Crippen molar-refractivity contribution in [1.29, 1.82) is 0 Å². The van der Waals surface area contributed by atoms with Crippen LogP contribution in [0.3, 0.4) is 0 Å². The summed E-state index contributed by atoms with van der Waals surface area (Å²) >= 11 is 0. The maximum absolute atomic E-state index is 10.9. The summed E-state index contributed by atoms with van der Waals surface area (Å²) in [6.45, 7) is 6.26. The second kappa shape index (κ2) is 5.80. The van der Waals surface area contributed by atoms with Crippen LogP contribution in [0, 0.1) is 21.6 Å². The van der Waals surface area contributed by atoms with Crippen LogP contribution >= 0.6 is 0 Å². The molecule has 18 heavy (non-hydrogen) atoms. The van der Waals surface area contributed by atoms with Crippen LogP contribution in [-0.4, -0.2) is 24.7 Å². The van der Waals surface area contributed by atoms with Gasteiger partial charge in [0.1, 0.15) is 8.07 Å². The van der Waals surface area contributed by atoms with Crippen molar-refractivity contribution in [3.63, 3.8) is 0 Å². The third-order valence-corrected chi connectivity index (χ3v) is 3.12. The first-order chi connectivity index (χ1) is 8.33. The van der Waals surface area contributed by atoms with Gasteiger partial charge >= 0.3 is 0 Å². The van der Waals surface area contributed by atoms with E-state index in [0.29, 0.717) is 11.1 Å². The normalized spacial score (nSPS) is 10.7. The Bertz CT molecular complexity index is 509. The van der Waals surface area contributed by atoms with Crippen LogP contribution in [0.1, 0.15) is 11.1 Å². The number of aliphatic hydroxyl groups excluding tert-OH is 1. The van der Waals surface area contributed by atoms with Crippen molar-refractivity contribution >= 4 is 13.8 Å². The maximum atomic E-state index is 10.9. The van der Waals surface area contributed by atoms with E-state index in [-0.39, 0.29) is 18.7 Å². The van der Waals surface area contributed by atoms with Gasteiger partial charge in [-0.15, -0.1) is 5.54 Å². The van der Waals surface area contributed by atoms with Gasteiger partial charge in [0, 0.05) is 30.2 Å². The van der Waals surface area contributed by atoms with Crippen LogP contribution < -0.4 is 0 Å². The molecule has 1 rings (SSSR count). The minimum atomic E-state index is -1.48. The Balaban J connectivity index is 3.14. The zero-order chi connectivity index (χ0) is 13.8. The third kappa shape index (κ3) is 4.32. The molecule has 0 aromatic heterocycles. The van der Waals surface area contributed by atoms with Crippen molar-refractivity contribution in [2.45, 2.75) is 26.1 Å². The second-order valence-electron chi connectivity index (χ2n) is 5.07. The SMILES string of the molecule is C[Si](C)(C)C#Cc1ccc(CCO)c([N+](=O)[O-])c1. The standard InChI is InChI=1S/C13H17NO3Si/c1-18(2,3)9-7-11-4-5-12(6-8-15)13(10-11)14(16)17/h4-5,10,15H,6,8H2,1-3H3. The van der Waals surface area contributed by atoms with Gasteiger partial charge in [-0.1, -0.05) is 31.6 Å². The molecule has 5 heteroatoms. The maximum Gasteiger partial charge on any atom is 0.273 e. The summed E-state index contributed by atoms with van der Waals surface area (Å²) in [5, 5.41) is 19.8. The molecule has 1 aromatic rings. The van der Waals surface area contributed by atoms with E-state index < -0.39 is 13.0 Å². The number of benzene rings is 1. The smallest absolute Gasteiger partial charge is 0.273 e. The van der Waals surface area contributed by atoms with Crippen LogP contribution in [0.5, 0.6) is 0 Å². The first kappa shape index (κ1) is 14.4. The minimum absolute atomic E-state index is 0.0337. The van der Waals surface area contributed by atoms with Crippen molar-refractivity contribution in [3.05, 3.63) is 39.4 Å². The highest BCUT2D eigenvalue weighted by molar-refractivity contribution is 6.83. The molecule has 0 amide bonds. The van der Waals surface area contributed by atoms with E-state index >= 15 is 0 Å². The fourth-order valence-electron chi connectivity index (χ4n) is 1.40. The number of rotatable bonds is 3. The Morgan fingerprint density at radius 3 is 2.56 bits per heavy atom. The first-order valence-electron chi connectivity index (χ1n) is 5.75. The summed E-state index contributed by atoms with van der Waals surface area (Å²) < 4.78 is 0.